The molecule has 0 saturated carbocycles. The van der Waals surface area contributed by atoms with Gasteiger partial charge in [-0.2, -0.15) is 0 Å². The second-order valence-corrected chi connectivity index (χ2v) is 7.14. The van der Waals surface area contributed by atoms with E-state index < -0.39 is 0 Å². The van der Waals surface area contributed by atoms with Crippen molar-refractivity contribution in [1.82, 2.24) is 4.90 Å². The van der Waals surface area contributed by atoms with Crippen molar-refractivity contribution < 1.29 is 0 Å². The molecule has 0 amide bonds. The molecule has 0 bridgehead atoms. The Kier molecular flexibility index (Phi) is 11.0. The average Bonchev–Trinajstić information content (AvgIpc) is 2.37. The lowest BCUT2D eigenvalue weighted by molar-refractivity contribution is 0.321. The number of rotatable bonds is 12. The zero-order chi connectivity index (χ0) is 15.5. The Labute approximate surface area is 128 Å². The molecule has 0 saturated heterocycles. The summed E-state index contributed by atoms with van der Waals surface area (Å²) in [5.74, 6) is 1.80. The monoisotopic (exact) mass is 281 g/mol. The second kappa shape index (κ2) is 11.2. The fourth-order valence-corrected chi connectivity index (χ4v) is 2.79. The van der Waals surface area contributed by atoms with Gasteiger partial charge in [-0.05, 0) is 38.5 Å². The summed E-state index contributed by atoms with van der Waals surface area (Å²) in [6.07, 6.45) is 10.8. The van der Waals surface area contributed by atoms with E-state index in [1.807, 2.05) is 0 Å². The zero-order valence-electron chi connectivity index (χ0n) is 15.0. The van der Waals surface area contributed by atoms with Gasteiger partial charge in [-0.1, -0.05) is 65.9 Å². The van der Waals surface area contributed by atoms with Crippen molar-refractivity contribution in [1.29, 1.82) is 0 Å². The highest BCUT2D eigenvalue weighted by Gasteiger charge is 2.10. The van der Waals surface area contributed by atoms with Crippen LogP contribution in [-0.4, -0.2) is 18.0 Å². The lowest BCUT2D eigenvalue weighted by Crippen LogP contribution is -2.25. The van der Waals surface area contributed by atoms with Crippen molar-refractivity contribution in [3.63, 3.8) is 0 Å². The molecule has 0 spiro atoms. The van der Waals surface area contributed by atoms with Gasteiger partial charge in [0.2, 0.25) is 0 Å². The zero-order valence-corrected chi connectivity index (χ0v) is 15.0. The van der Waals surface area contributed by atoms with Crippen LogP contribution in [0, 0.1) is 11.8 Å². The summed E-state index contributed by atoms with van der Waals surface area (Å²) in [5.41, 5.74) is 1.30. The summed E-state index contributed by atoms with van der Waals surface area (Å²) in [7, 11) is 2.17. The van der Waals surface area contributed by atoms with E-state index >= 15 is 0 Å². The highest BCUT2D eigenvalue weighted by molar-refractivity contribution is 4.93. The van der Waals surface area contributed by atoms with Crippen LogP contribution in [0.4, 0.5) is 0 Å². The normalized spacial score (nSPS) is 13.0. The minimum atomic E-state index is 0.569. The van der Waals surface area contributed by atoms with Gasteiger partial charge in [-0.15, -0.1) is 0 Å². The van der Waals surface area contributed by atoms with Gasteiger partial charge in [0.15, 0.2) is 0 Å². The third-order valence-corrected chi connectivity index (χ3v) is 4.44. The molecule has 0 fully saturated rings. The van der Waals surface area contributed by atoms with Gasteiger partial charge in [0, 0.05) is 18.8 Å². The van der Waals surface area contributed by atoms with Crippen LogP contribution >= 0.6 is 0 Å². The first kappa shape index (κ1) is 19.5. The van der Waals surface area contributed by atoms with Crippen molar-refractivity contribution >= 4 is 0 Å². The summed E-state index contributed by atoms with van der Waals surface area (Å²) < 4.78 is 0. The maximum Gasteiger partial charge on any atom is 0.0226 e. The van der Waals surface area contributed by atoms with E-state index in [-0.39, 0.29) is 0 Å². The SMILES string of the molecule is C=C(CCCC(CCC)CCCC(C)C)N(C)C(C)C. The van der Waals surface area contributed by atoms with Crippen LogP contribution in [0.15, 0.2) is 12.3 Å². The fraction of sp³-hybridized carbons (Fsp3) is 0.895. The first-order valence-corrected chi connectivity index (χ1v) is 8.79. The molecular weight excluding hydrogens is 242 g/mol. The maximum atomic E-state index is 4.23. The number of nitrogens with zero attached hydrogens (tertiary/aromatic N) is 1. The Morgan fingerprint density at radius 1 is 0.950 bits per heavy atom. The summed E-state index contributed by atoms with van der Waals surface area (Å²) in [5, 5.41) is 0. The fourth-order valence-electron chi connectivity index (χ4n) is 2.79. The van der Waals surface area contributed by atoms with Gasteiger partial charge in [0.25, 0.3) is 0 Å². The van der Waals surface area contributed by atoms with Gasteiger partial charge in [-0.25, -0.2) is 0 Å². The molecule has 1 heteroatoms. The van der Waals surface area contributed by atoms with Crippen LogP contribution in [0.25, 0.3) is 0 Å². The first-order valence-electron chi connectivity index (χ1n) is 8.79. The van der Waals surface area contributed by atoms with Crippen LogP contribution in [-0.2, 0) is 0 Å². The third-order valence-electron chi connectivity index (χ3n) is 4.44. The maximum absolute atomic E-state index is 4.23. The third kappa shape index (κ3) is 9.44. The summed E-state index contributed by atoms with van der Waals surface area (Å²) in [6.45, 7) is 15.7. The molecule has 0 aliphatic heterocycles. The minimum absolute atomic E-state index is 0.569. The minimum Gasteiger partial charge on any atom is -0.376 e. The lowest BCUT2D eigenvalue weighted by atomic mass is 9.90. The summed E-state index contributed by atoms with van der Waals surface area (Å²) in [4.78, 5) is 2.31. The number of allylic oxidation sites excluding steroid dienone is 1. The van der Waals surface area contributed by atoms with E-state index in [4.69, 9.17) is 0 Å². The molecule has 120 valence electrons. The van der Waals surface area contributed by atoms with Gasteiger partial charge < -0.3 is 4.90 Å². The average molecular weight is 282 g/mol. The molecule has 0 aromatic carbocycles. The van der Waals surface area contributed by atoms with Crippen molar-refractivity contribution in [2.75, 3.05) is 7.05 Å². The molecule has 1 nitrogen and oxygen atoms in total. The smallest absolute Gasteiger partial charge is 0.0226 e. The lowest BCUT2D eigenvalue weighted by Gasteiger charge is -2.26. The van der Waals surface area contributed by atoms with Gasteiger partial charge in [-0.3, -0.25) is 0 Å². The van der Waals surface area contributed by atoms with E-state index in [2.05, 4.69) is 53.1 Å². The molecule has 0 aromatic rings. The number of hydrogen-bond donors (Lipinski definition) is 0. The van der Waals surface area contributed by atoms with Gasteiger partial charge in [0.05, 0.1) is 0 Å². The molecule has 0 aromatic heterocycles. The highest BCUT2D eigenvalue weighted by atomic mass is 15.1. The molecule has 0 aliphatic carbocycles. The molecule has 20 heavy (non-hydrogen) atoms. The molecule has 0 radical (unpaired) electrons. The van der Waals surface area contributed by atoms with Crippen LogP contribution < -0.4 is 0 Å². The Balaban J connectivity index is 3.93. The van der Waals surface area contributed by atoms with E-state index in [1.54, 1.807) is 0 Å². The van der Waals surface area contributed by atoms with Crippen LogP contribution in [0.3, 0.4) is 0 Å². The van der Waals surface area contributed by atoms with Crippen molar-refractivity contribution in [3.8, 4) is 0 Å². The summed E-state index contributed by atoms with van der Waals surface area (Å²) in [6, 6.07) is 0.569. The van der Waals surface area contributed by atoms with Crippen molar-refractivity contribution in [2.45, 2.75) is 92.0 Å². The predicted octanol–water partition coefficient (Wildman–Crippen LogP) is 6.25. The largest absolute Gasteiger partial charge is 0.376 e. The Bertz CT molecular complexity index is 242. The van der Waals surface area contributed by atoms with Gasteiger partial charge >= 0.3 is 0 Å². The number of hydrogen-bond acceptors (Lipinski definition) is 1. The molecule has 0 aliphatic rings. The quantitative estimate of drug-likeness (QED) is 0.408. The van der Waals surface area contributed by atoms with Crippen LogP contribution in [0.1, 0.15) is 86.0 Å². The molecule has 1 unspecified atom stereocenters. The van der Waals surface area contributed by atoms with E-state index in [9.17, 15) is 0 Å². The van der Waals surface area contributed by atoms with Crippen LogP contribution in [0.2, 0.25) is 0 Å². The van der Waals surface area contributed by atoms with Gasteiger partial charge in [0.1, 0.15) is 0 Å². The highest BCUT2D eigenvalue weighted by Crippen LogP contribution is 2.24. The van der Waals surface area contributed by atoms with E-state index in [0.717, 1.165) is 11.8 Å². The molecule has 0 heterocycles. The van der Waals surface area contributed by atoms with Crippen molar-refractivity contribution in [2.24, 2.45) is 11.8 Å². The van der Waals surface area contributed by atoms with E-state index in [1.165, 1.54) is 57.1 Å². The topological polar surface area (TPSA) is 3.24 Å². The van der Waals surface area contributed by atoms with E-state index in [0.29, 0.717) is 6.04 Å². The molecule has 0 rings (SSSR count). The second-order valence-electron chi connectivity index (χ2n) is 7.14. The van der Waals surface area contributed by atoms with Crippen molar-refractivity contribution in [3.05, 3.63) is 12.3 Å². The summed E-state index contributed by atoms with van der Waals surface area (Å²) >= 11 is 0. The Morgan fingerprint density at radius 3 is 2.05 bits per heavy atom. The molecule has 0 N–H and O–H groups in total. The standard InChI is InChI=1S/C19H39N/c1-8-11-19(14-9-12-16(2)3)15-10-13-18(6)20(7)17(4)5/h16-17,19H,6,8-15H2,1-5,7H3. The first-order chi connectivity index (χ1) is 9.38. The Morgan fingerprint density at radius 2 is 1.55 bits per heavy atom. The van der Waals surface area contributed by atoms with Crippen LogP contribution in [0.5, 0.6) is 0 Å². The molecule has 1 atom stereocenters. The Hall–Kier alpha value is -0.460. The molecular formula is C19H39N. The predicted molar refractivity (Wildman–Crippen MR) is 93.0 cm³/mol.